The van der Waals surface area contributed by atoms with Crippen LogP contribution in [0.1, 0.15) is 39.2 Å². The molecule has 0 bridgehead atoms. The summed E-state index contributed by atoms with van der Waals surface area (Å²) in [5.74, 6) is 0.114. The number of H-pyrrole nitrogens is 1. The van der Waals surface area contributed by atoms with Gasteiger partial charge in [-0.25, -0.2) is 4.98 Å². The van der Waals surface area contributed by atoms with E-state index in [1.165, 1.54) is 28.7 Å². The minimum absolute atomic E-state index is 0.145. The maximum Gasteiger partial charge on any atom is 0.251 e. The zero-order valence-electron chi connectivity index (χ0n) is 15.9. The number of amides is 2. The topological polar surface area (TPSA) is 114 Å². The maximum atomic E-state index is 12.4. The zero-order chi connectivity index (χ0) is 20.4. The van der Waals surface area contributed by atoms with Crippen molar-refractivity contribution < 1.29 is 9.59 Å². The summed E-state index contributed by atoms with van der Waals surface area (Å²) in [7, 11) is 0. The number of nitrogens with one attached hydrogen (secondary N) is 2. The van der Waals surface area contributed by atoms with Gasteiger partial charge in [0.05, 0.1) is 11.3 Å². The molecular weight excluding hydrogens is 406 g/mol. The van der Waals surface area contributed by atoms with E-state index in [2.05, 4.69) is 20.5 Å². The molecule has 2 heterocycles. The van der Waals surface area contributed by atoms with Gasteiger partial charge in [-0.2, -0.15) is 0 Å². The van der Waals surface area contributed by atoms with E-state index in [4.69, 9.17) is 5.73 Å². The van der Waals surface area contributed by atoms with E-state index in [1.807, 2.05) is 31.2 Å². The highest BCUT2D eigenvalue weighted by Crippen LogP contribution is 2.38. The molecule has 0 saturated heterocycles. The molecule has 9 heteroatoms. The number of aromatic nitrogens is 3. The molecule has 4 N–H and O–H groups in total. The molecule has 0 saturated carbocycles. The van der Waals surface area contributed by atoms with Crippen LogP contribution in [-0.2, 0) is 17.6 Å². The lowest BCUT2D eigenvalue weighted by Crippen LogP contribution is -2.19. The standard InChI is InChI=1S/C20H21N5O2S2/c1-11-6-8-12(9-7-11)18-23-20(25-24-18)28-10-15(26)22-19-16(17(21)27)13-4-2-3-5-14(13)29-19/h6-9H,2-5,10H2,1H3,(H2,21,27)(H,22,26)(H,23,24,25). The van der Waals surface area contributed by atoms with Crippen LogP contribution in [0.5, 0.6) is 0 Å². The first-order valence-corrected chi connectivity index (χ1v) is 11.2. The number of aryl methyl sites for hydroxylation is 2. The third-order valence-electron chi connectivity index (χ3n) is 4.79. The van der Waals surface area contributed by atoms with Gasteiger partial charge >= 0.3 is 0 Å². The Morgan fingerprint density at radius 1 is 1.24 bits per heavy atom. The quantitative estimate of drug-likeness (QED) is 0.521. The Kier molecular flexibility index (Phi) is 5.68. The third-order valence-corrected chi connectivity index (χ3v) is 6.85. The number of primary amides is 1. The highest BCUT2D eigenvalue weighted by molar-refractivity contribution is 7.99. The molecule has 0 spiro atoms. The molecule has 1 aliphatic carbocycles. The van der Waals surface area contributed by atoms with Gasteiger partial charge < -0.3 is 11.1 Å². The predicted molar refractivity (Wildman–Crippen MR) is 115 cm³/mol. The van der Waals surface area contributed by atoms with Gasteiger partial charge in [-0.1, -0.05) is 41.6 Å². The van der Waals surface area contributed by atoms with E-state index in [1.54, 1.807) is 0 Å². The number of rotatable bonds is 6. The molecule has 4 rings (SSSR count). The van der Waals surface area contributed by atoms with Crippen LogP contribution in [0, 0.1) is 6.92 Å². The smallest absolute Gasteiger partial charge is 0.251 e. The molecule has 0 aliphatic heterocycles. The number of anilines is 1. The van der Waals surface area contributed by atoms with Crippen LogP contribution in [0.3, 0.4) is 0 Å². The third kappa shape index (κ3) is 4.35. The van der Waals surface area contributed by atoms with Crippen molar-refractivity contribution in [2.45, 2.75) is 37.8 Å². The van der Waals surface area contributed by atoms with E-state index in [9.17, 15) is 9.59 Å². The number of aromatic amines is 1. The number of hydrogen-bond acceptors (Lipinski definition) is 6. The van der Waals surface area contributed by atoms with Gasteiger partial charge in [-0.3, -0.25) is 14.7 Å². The second kappa shape index (κ2) is 8.38. The summed E-state index contributed by atoms with van der Waals surface area (Å²) in [5, 5.41) is 11.0. The predicted octanol–water partition coefficient (Wildman–Crippen LogP) is 3.55. The van der Waals surface area contributed by atoms with Gasteiger partial charge in [0.25, 0.3) is 5.91 Å². The second-order valence-electron chi connectivity index (χ2n) is 6.95. The summed E-state index contributed by atoms with van der Waals surface area (Å²) in [6.07, 6.45) is 3.92. The van der Waals surface area contributed by atoms with Crippen molar-refractivity contribution in [1.82, 2.24) is 15.2 Å². The van der Waals surface area contributed by atoms with Crippen molar-refractivity contribution >= 4 is 39.9 Å². The van der Waals surface area contributed by atoms with E-state index >= 15 is 0 Å². The number of carbonyl (C=O) groups excluding carboxylic acids is 2. The number of hydrogen-bond donors (Lipinski definition) is 3. The molecule has 0 fully saturated rings. The van der Waals surface area contributed by atoms with Crippen molar-refractivity contribution in [3.05, 3.63) is 45.8 Å². The van der Waals surface area contributed by atoms with Gasteiger partial charge in [0, 0.05) is 10.4 Å². The average Bonchev–Trinajstić information content (AvgIpc) is 3.31. The van der Waals surface area contributed by atoms with E-state index < -0.39 is 5.91 Å². The fourth-order valence-electron chi connectivity index (χ4n) is 3.36. The van der Waals surface area contributed by atoms with Gasteiger partial charge in [0.1, 0.15) is 5.00 Å². The Hall–Kier alpha value is -2.65. The Bertz CT molecular complexity index is 1060. The number of benzene rings is 1. The minimum atomic E-state index is -0.482. The molecule has 2 aromatic heterocycles. The van der Waals surface area contributed by atoms with E-state index in [0.29, 0.717) is 21.5 Å². The average molecular weight is 428 g/mol. The number of thioether (sulfide) groups is 1. The zero-order valence-corrected chi connectivity index (χ0v) is 17.6. The first-order valence-electron chi connectivity index (χ1n) is 9.37. The monoisotopic (exact) mass is 427 g/mol. The van der Waals surface area contributed by atoms with Crippen molar-refractivity contribution in [2.24, 2.45) is 5.73 Å². The number of thiophene rings is 1. The highest BCUT2D eigenvalue weighted by atomic mass is 32.2. The largest absolute Gasteiger partial charge is 0.365 e. The fraction of sp³-hybridized carbons (Fsp3) is 0.300. The first kappa shape index (κ1) is 19.7. The van der Waals surface area contributed by atoms with Gasteiger partial charge in [0.15, 0.2) is 5.82 Å². The molecule has 0 radical (unpaired) electrons. The van der Waals surface area contributed by atoms with Crippen LogP contribution in [0.15, 0.2) is 29.4 Å². The summed E-state index contributed by atoms with van der Waals surface area (Å²) in [6.45, 7) is 2.03. The number of nitrogens with zero attached hydrogens (tertiary/aromatic N) is 2. The van der Waals surface area contributed by atoms with E-state index in [0.717, 1.165) is 41.7 Å². The fourth-order valence-corrected chi connectivity index (χ4v) is 5.27. The van der Waals surface area contributed by atoms with Gasteiger partial charge in [-0.05, 0) is 38.2 Å². The van der Waals surface area contributed by atoms with Crippen molar-refractivity contribution in [3.63, 3.8) is 0 Å². The van der Waals surface area contributed by atoms with Crippen LogP contribution in [0.2, 0.25) is 0 Å². The summed E-state index contributed by atoms with van der Waals surface area (Å²) in [6, 6.07) is 7.96. The summed E-state index contributed by atoms with van der Waals surface area (Å²) < 4.78 is 0. The number of carbonyl (C=O) groups is 2. The summed E-state index contributed by atoms with van der Waals surface area (Å²) in [5.41, 5.74) is 9.17. The van der Waals surface area contributed by atoms with Crippen LogP contribution in [0.4, 0.5) is 5.00 Å². The van der Waals surface area contributed by atoms with Crippen LogP contribution < -0.4 is 11.1 Å². The van der Waals surface area contributed by atoms with Crippen LogP contribution >= 0.6 is 23.1 Å². The normalized spacial score (nSPS) is 13.1. The number of nitrogens with two attached hydrogens (primary N) is 1. The Morgan fingerprint density at radius 2 is 2.00 bits per heavy atom. The van der Waals surface area contributed by atoms with Gasteiger partial charge in [-0.15, -0.1) is 16.4 Å². The SMILES string of the molecule is Cc1ccc(-c2nc(SCC(=O)Nc3sc4c(c3C(N)=O)CCCC4)n[nH]2)cc1. The summed E-state index contributed by atoms with van der Waals surface area (Å²) in [4.78, 5) is 30.0. The lowest BCUT2D eigenvalue weighted by atomic mass is 9.95. The molecule has 0 atom stereocenters. The van der Waals surface area contributed by atoms with Gasteiger partial charge in [0.2, 0.25) is 11.1 Å². The highest BCUT2D eigenvalue weighted by Gasteiger charge is 2.25. The Morgan fingerprint density at radius 3 is 2.76 bits per heavy atom. The minimum Gasteiger partial charge on any atom is -0.365 e. The molecule has 1 aromatic carbocycles. The lowest BCUT2D eigenvalue weighted by Gasteiger charge is -2.11. The van der Waals surface area contributed by atoms with Crippen molar-refractivity contribution in [1.29, 1.82) is 0 Å². The van der Waals surface area contributed by atoms with Crippen molar-refractivity contribution in [2.75, 3.05) is 11.1 Å². The molecule has 1 aliphatic rings. The molecule has 2 amide bonds. The summed E-state index contributed by atoms with van der Waals surface area (Å²) >= 11 is 2.70. The van der Waals surface area contributed by atoms with Crippen LogP contribution in [-0.4, -0.2) is 32.7 Å². The molecule has 3 aromatic rings. The maximum absolute atomic E-state index is 12.4. The van der Waals surface area contributed by atoms with Crippen molar-refractivity contribution in [3.8, 4) is 11.4 Å². The second-order valence-corrected chi connectivity index (χ2v) is 9.00. The molecule has 7 nitrogen and oxygen atoms in total. The Labute approximate surface area is 176 Å². The molecular formula is C20H21N5O2S2. The lowest BCUT2D eigenvalue weighted by molar-refractivity contribution is -0.113. The van der Waals surface area contributed by atoms with E-state index in [-0.39, 0.29) is 11.7 Å². The number of fused-ring (bicyclic) bond motifs is 1. The van der Waals surface area contributed by atoms with Crippen LogP contribution in [0.25, 0.3) is 11.4 Å². The first-order chi connectivity index (χ1) is 14.0. The Balaban J connectivity index is 1.40. The molecule has 150 valence electrons. The molecule has 29 heavy (non-hydrogen) atoms. The molecule has 0 unspecified atom stereocenters.